The number of halogens is 1. The van der Waals surface area contributed by atoms with Crippen LogP contribution in [0, 0.1) is 5.82 Å². The second kappa shape index (κ2) is 5.31. The SMILES string of the molecule is CC(C)N([B]c1ccccc1F)C(C)C. The number of hydrogen-bond acceptors (Lipinski definition) is 1. The third-order valence-electron chi connectivity index (χ3n) is 2.39. The molecule has 0 aliphatic rings. The molecule has 0 heterocycles. The topological polar surface area (TPSA) is 3.24 Å². The van der Waals surface area contributed by atoms with E-state index in [9.17, 15) is 4.39 Å². The Bertz CT molecular complexity index is 304. The third kappa shape index (κ3) is 3.35. The number of nitrogens with zero attached hydrogens (tertiary/aromatic N) is 1. The molecule has 1 aromatic rings. The molecular weight excluding hydrogens is 188 g/mol. The van der Waals surface area contributed by atoms with E-state index in [0.717, 1.165) is 0 Å². The van der Waals surface area contributed by atoms with Gasteiger partial charge in [0.1, 0.15) is 5.82 Å². The number of rotatable bonds is 4. The van der Waals surface area contributed by atoms with Crippen LogP contribution in [0.25, 0.3) is 0 Å². The van der Waals surface area contributed by atoms with Gasteiger partial charge in [-0.25, -0.2) is 4.39 Å². The van der Waals surface area contributed by atoms with Crippen molar-refractivity contribution in [1.82, 2.24) is 4.81 Å². The predicted octanol–water partition coefficient (Wildman–Crippen LogP) is 2.19. The summed E-state index contributed by atoms with van der Waals surface area (Å²) in [5.41, 5.74) is 0.653. The lowest BCUT2D eigenvalue weighted by molar-refractivity contribution is 0.315. The van der Waals surface area contributed by atoms with Crippen LogP contribution in [0.2, 0.25) is 0 Å². The van der Waals surface area contributed by atoms with Gasteiger partial charge >= 0.3 is 0 Å². The maximum atomic E-state index is 13.4. The quantitative estimate of drug-likeness (QED) is 0.682. The van der Waals surface area contributed by atoms with Crippen molar-refractivity contribution in [2.24, 2.45) is 0 Å². The first-order chi connectivity index (χ1) is 7.02. The van der Waals surface area contributed by atoms with Crippen molar-refractivity contribution in [3.63, 3.8) is 0 Å². The van der Waals surface area contributed by atoms with E-state index < -0.39 is 0 Å². The van der Waals surface area contributed by atoms with Gasteiger partial charge in [0.15, 0.2) is 0 Å². The van der Waals surface area contributed by atoms with Crippen molar-refractivity contribution < 1.29 is 4.39 Å². The first kappa shape index (κ1) is 12.2. The average Bonchev–Trinajstić information content (AvgIpc) is 2.15. The van der Waals surface area contributed by atoms with Crippen LogP contribution < -0.4 is 5.46 Å². The zero-order valence-corrected chi connectivity index (χ0v) is 9.87. The Balaban J connectivity index is 2.79. The highest BCUT2D eigenvalue weighted by Crippen LogP contribution is 2.03. The first-order valence-electron chi connectivity index (χ1n) is 5.39. The largest absolute Gasteiger partial charge is 0.338 e. The van der Waals surface area contributed by atoms with Crippen LogP contribution >= 0.6 is 0 Å². The smallest absolute Gasteiger partial charge is 0.251 e. The molecule has 0 aromatic heterocycles. The molecule has 81 valence electrons. The molecule has 1 radical (unpaired) electrons. The fourth-order valence-corrected chi connectivity index (χ4v) is 1.63. The summed E-state index contributed by atoms with van der Waals surface area (Å²) < 4.78 is 13.4. The Labute approximate surface area is 92.6 Å². The molecule has 0 aliphatic carbocycles. The van der Waals surface area contributed by atoms with Crippen LogP contribution in [0.1, 0.15) is 27.7 Å². The molecule has 0 saturated heterocycles. The van der Waals surface area contributed by atoms with Gasteiger partial charge in [-0.2, -0.15) is 0 Å². The fraction of sp³-hybridized carbons (Fsp3) is 0.500. The molecule has 15 heavy (non-hydrogen) atoms. The predicted molar refractivity (Wildman–Crippen MR) is 63.9 cm³/mol. The minimum atomic E-state index is -0.163. The fourth-order valence-electron chi connectivity index (χ4n) is 1.63. The van der Waals surface area contributed by atoms with E-state index in [4.69, 9.17) is 0 Å². The summed E-state index contributed by atoms with van der Waals surface area (Å²) in [4.78, 5) is 2.15. The summed E-state index contributed by atoms with van der Waals surface area (Å²) in [6.45, 7) is 8.43. The minimum absolute atomic E-state index is 0.163. The van der Waals surface area contributed by atoms with Crippen LogP contribution in [0.3, 0.4) is 0 Å². The van der Waals surface area contributed by atoms with Crippen LogP contribution in [0.5, 0.6) is 0 Å². The summed E-state index contributed by atoms with van der Waals surface area (Å²) in [6.07, 6.45) is 0. The highest BCUT2D eigenvalue weighted by Gasteiger charge is 2.16. The molecule has 0 amide bonds. The normalized spacial score (nSPS) is 11.5. The van der Waals surface area contributed by atoms with Gasteiger partial charge in [-0.05, 0) is 23.6 Å². The highest BCUT2D eigenvalue weighted by molar-refractivity contribution is 6.50. The van der Waals surface area contributed by atoms with Gasteiger partial charge in [-0.15, -0.1) is 0 Å². The molecule has 3 heteroatoms. The molecular formula is C12H18BFN. The van der Waals surface area contributed by atoms with Crippen LogP contribution in [-0.2, 0) is 0 Å². The van der Waals surface area contributed by atoms with E-state index in [2.05, 4.69) is 32.5 Å². The van der Waals surface area contributed by atoms with Gasteiger partial charge < -0.3 is 4.81 Å². The van der Waals surface area contributed by atoms with Crippen molar-refractivity contribution in [2.45, 2.75) is 39.8 Å². The number of benzene rings is 1. The van der Waals surface area contributed by atoms with Gasteiger partial charge in [0, 0.05) is 0 Å². The highest BCUT2D eigenvalue weighted by atomic mass is 19.1. The van der Waals surface area contributed by atoms with E-state index in [1.165, 1.54) is 6.07 Å². The Morgan fingerprint density at radius 1 is 1.07 bits per heavy atom. The lowest BCUT2D eigenvalue weighted by Crippen LogP contribution is -2.45. The van der Waals surface area contributed by atoms with E-state index in [1.807, 2.05) is 13.5 Å². The van der Waals surface area contributed by atoms with Gasteiger partial charge in [-0.1, -0.05) is 45.9 Å². The Morgan fingerprint density at radius 3 is 2.07 bits per heavy atom. The maximum absolute atomic E-state index is 13.4. The summed E-state index contributed by atoms with van der Waals surface area (Å²) >= 11 is 0. The Kier molecular flexibility index (Phi) is 4.34. The van der Waals surface area contributed by atoms with Gasteiger partial charge in [0.25, 0.3) is 7.41 Å². The molecule has 1 rings (SSSR count). The lowest BCUT2D eigenvalue weighted by atomic mass is 9.78. The first-order valence-corrected chi connectivity index (χ1v) is 5.39. The molecule has 0 fully saturated rings. The maximum Gasteiger partial charge on any atom is 0.251 e. The van der Waals surface area contributed by atoms with Crippen molar-refractivity contribution in [2.75, 3.05) is 0 Å². The lowest BCUT2D eigenvalue weighted by Gasteiger charge is -2.30. The van der Waals surface area contributed by atoms with Gasteiger partial charge in [0.05, 0.1) is 0 Å². The van der Waals surface area contributed by atoms with Crippen molar-refractivity contribution in [1.29, 1.82) is 0 Å². The third-order valence-corrected chi connectivity index (χ3v) is 2.39. The summed E-state index contributed by atoms with van der Waals surface area (Å²) in [5, 5.41) is 0. The van der Waals surface area contributed by atoms with Crippen molar-refractivity contribution in [3.05, 3.63) is 30.1 Å². The molecule has 1 aromatic carbocycles. The molecule has 0 saturated carbocycles. The van der Waals surface area contributed by atoms with Crippen LogP contribution in [0.15, 0.2) is 24.3 Å². The zero-order chi connectivity index (χ0) is 11.4. The second-order valence-electron chi connectivity index (χ2n) is 4.29. The van der Waals surface area contributed by atoms with E-state index in [1.54, 1.807) is 12.1 Å². The van der Waals surface area contributed by atoms with Gasteiger partial charge in [-0.3, -0.25) is 0 Å². The van der Waals surface area contributed by atoms with Crippen molar-refractivity contribution >= 4 is 12.9 Å². The van der Waals surface area contributed by atoms with Gasteiger partial charge in [0.2, 0.25) is 0 Å². The standard InChI is InChI=1S/C12H18BFN/c1-9(2)15(10(3)4)13-11-7-5-6-8-12(11)14/h5-10H,1-4H3. The Hall–Kier alpha value is -0.825. The molecule has 1 nitrogen and oxygen atoms in total. The molecule has 0 aliphatic heterocycles. The molecule has 0 atom stereocenters. The number of hydrogen-bond donors (Lipinski definition) is 0. The molecule has 0 bridgehead atoms. The second-order valence-corrected chi connectivity index (χ2v) is 4.29. The molecule has 0 unspecified atom stereocenters. The van der Waals surface area contributed by atoms with Crippen LogP contribution in [0.4, 0.5) is 4.39 Å². The van der Waals surface area contributed by atoms with E-state index in [0.29, 0.717) is 17.5 Å². The van der Waals surface area contributed by atoms with E-state index in [-0.39, 0.29) is 5.82 Å². The monoisotopic (exact) mass is 206 g/mol. The molecule has 0 spiro atoms. The Morgan fingerprint density at radius 2 is 1.60 bits per heavy atom. The zero-order valence-electron chi connectivity index (χ0n) is 9.87. The average molecular weight is 206 g/mol. The van der Waals surface area contributed by atoms with Crippen molar-refractivity contribution in [3.8, 4) is 0 Å². The minimum Gasteiger partial charge on any atom is -0.338 e. The summed E-state index contributed by atoms with van der Waals surface area (Å²) in [5.74, 6) is -0.163. The summed E-state index contributed by atoms with van der Waals surface area (Å²) in [7, 11) is 1.89. The summed E-state index contributed by atoms with van der Waals surface area (Å²) in [6, 6.07) is 7.61. The van der Waals surface area contributed by atoms with Crippen LogP contribution in [-0.4, -0.2) is 24.3 Å². The van der Waals surface area contributed by atoms with E-state index >= 15 is 0 Å². The molecule has 0 N–H and O–H groups in total.